The van der Waals surface area contributed by atoms with Crippen LogP contribution in [0.15, 0.2) is 67.3 Å². The third-order valence-corrected chi connectivity index (χ3v) is 5.17. The number of rotatable bonds is 9. The monoisotopic (exact) mass is 420 g/mol. The number of amides is 2. The number of carbonyl (C=O) groups excluding carboxylic acids is 2. The van der Waals surface area contributed by atoms with Gasteiger partial charge in [0.05, 0.1) is 0 Å². The topological polar surface area (TPSA) is 92.2 Å². The van der Waals surface area contributed by atoms with Gasteiger partial charge in [-0.3, -0.25) is 14.5 Å². The van der Waals surface area contributed by atoms with E-state index in [9.17, 15) is 9.59 Å². The van der Waals surface area contributed by atoms with Gasteiger partial charge in [0.2, 0.25) is 11.8 Å². The normalized spacial score (nSPS) is 12.9. The van der Waals surface area contributed by atoms with Crippen LogP contribution in [0.2, 0.25) is 0 Å². The van der Waals surface area contributed by atoms with Gasteiger partial charge in [0.1, 0.15) is 24.7 Å². The Balaban J connectivity index is 1.67. The highest BCUT2D eigenvalue weighted by Gasteiger charge is 2.25. The molecule has 0 saturated heterocycles. The molecule has 1 heterocycles. The molecule has 1 aromatic heterocycles. The lowest BCUT2D eigenvalue weighted by molar-refractivity contribution is -0.121. The molecule has 0 aliphatic heterocycles. The van der Waals surface area contributed by atoms with Crippen LogP contribution in [0.4, 0.5) is 11.4 Å². The third kappa shape index (κ3) is 5.55. The maximum atomic E-state index is 13.1. The standard InChI is InChI=1S/C23H28N6O2/c1-4-28(5-2)21(18-9-7-6-8-10-18)23(31)27-20-13-11-19(12-14-20)26-22(30)17(3)29-16-24-15-25-29/h6-17,21H,4-5H2,1-3H3,(H,26,30)(H,27,31). The van der Waals surface area contributed by atoms with Crippen molar-refractivity contribution >= 4 is 23.2 Å². The fourth-order valence-electron chi connectivity index (χ4n) is 3.38. The molecule has 2 amide bonds. The molecule has 0 spiro atoms. The van der Waals surface area contributed by atoms with E-state index in [-0.39, 0.29) is 17.9 Å². The molecule has 0 fully saturated rings. The number of hydrogen-bond donors (Lipinski definition) is 2. The van der Waals surface area contributed by atoms with Crippen LogP contribution in [0.1, 0.15) is 38.4 Å². The summed E-state index contributed by atoms with van der Waals surface area (Å²) in [5, 5.41) is 9.84. The van der Waals surface area contributed by atoms with Crippen LogP contribution in [0.25, 0.3) is 0 Å². The third-order valence-electron chi connectivity index (χ3n) is 5.17. The number of carbonyl (C=O) groups is 2. The number of nitrogens with zero attached hydrogens (tertiary/aromatic N) is 4. The Labute approximate surface area is 182 Å². The minimum atomic E-state index is -0.484. The summed E-state index contributed by atoms with van der Waals surface area (Å²) in [6.07, 6.45) is 2.89. The van der Waals surface area contributed by atoms with Crippen LogP contribution in [-0.4, -0.2) is 44.6 Å². The molecule has 2 atom stereocenters. The second-order valence-electron chi connectivity index (χ2n) is 7.14. The lowest BCUT2D eigenvalue weighted by Gasteiger charge is -2.29. The molecule has 3 rings (SSSR count). The van der Waals surface area contributed by atoms with Gasteiger partial charge in [0, 0.05) is 11.4 Å². The SMILES string of the molecule is CCN(CC)C(C(=O)Nc1ccc(NC(=O)C(C)n2cncn2)cc1)c1ccccc1. The molecule has 2 N–H and O–H groups in total. The predicted molar refractivity (Wildman–Crippen MR) is 121 cm³/mol. The van der Waals surface area contributed by atoms with Crippen LogP contribution in [0.5, 0.6) is 0 Å². The average molecular weight is 421 g/mol. The molecular formula is C23H28N6O2. The van der Waals surface area contributed by atoms with E-state index < -0.39 is 6.04 Å². The van der Waals surface area contributed by atoms with Crippen molar-refractivity contribution in [2.24, 2.45) is 0 Å². The number of aromatic nitrogens is 3. The van der Waals surface area contributed by atoms with Crippen molar-refractivity contribution < 1.29 is 9.59 Å². The van der Waals surface area contributed by atoms with Gasteiger partial charge in [-0.2, -0.15) is 5.10 Å². The second-order valence-corrected chi connectivity index (χ2v) is 7.14. The molecule has 2 aromatic carbocycles. The largest absolute Gasteiger partial charge is 0.324 e. The van der Waals surface area contributed by atoms with Crippen LogP contribution in [-0.2, 0) is 9.59 Å². The van der Waals surface area contributed by atoms with Gasteiger partial charge in [-0.25, -0.2) is 9.67 Å². The van der Waals surface area contributed by atoms with Crippen LogP contribution in [0.3, 0.4) is 0 Å². The van der Waals surface area contributed by atoms with Crippen LogP contribution < -0.4 is 10.6 Å². The van der Waals surface area contributed by atoms with E-state index in [0.29, 0.717) is 11.4 Å². The first-order chi connectivity index (χ1) is 15.0. The average Bonchev–Trinajstić information content (AvgIpc) is 3.33. The fourth-order valence-corrected chi connectivity index (χ4v) is 3.38. The summed E-state index contributed by atoms with van der Waals surface area (Å²) in [5.74, 6) is -0.292. The highest BCUT2D eigenvalue weighted by atomic mass is 16.2. The molecule has 0 radical (unpaired) electrons. The van der Waals surface area contributed by atoms with Crippen molar-refractivity contribution in [3.63, 3.8) is 0 Å². The first kappa shape index (κ1) is 22.2. The molecule has 8 nitrogen and oxygen atoms in total. The quantitative estimate of drug-likeness (QED) is 0.553. The van der Waals surface area contributed by atoms with E-state index in [1.54, 1.807) is 31.2 Å². The van der Waals surface area contributed by atoms with E-state index in [0.717, 1.165) is 18.7 Å². The van der Waals surface area contributed by atoms with E-state index in [1.165, 1.54) is 17.3 Å². The number of benzene rings is 2. The Bertz CT molecular complexity index is 969. The summed E-state index contributed by atoms with van der Waals surface area (Å²) >= 11 is 0. The first-order valence-electron chi connectivity index (χ1n) is 10.4. The number of hydrogen-bond acceptors (Lipinski definition) is 5. The fraction of sp³-hybridized carbons (Fsp3) is 0.304. The van der Waals surface area contributed by atoms with Crippen molar-refractivity contribution in [3.8, 4) is 0 Å². The zero-order valence-electron chi connectivity index (χ0n) is 18.0. The maximum Gasteiger partial charge on any atom is 0.249 e. The molecule has 0 aliphatic carbocycles. The van der Waals surface area contributed by atoms with Gasteiger partial charge >= 0.3 is 0 Å². The highest BCUT2D eigenvalue weighted by molar-refractivity contribution is 5.96. The molecule has 0 bridgehead atoms. The lowest BCUT2D eigenvalue weighted by Crippen LogP contribution is -2.37. The molecule has 3 aromatic rings. The van der Waals surface area contributed by atoms with Gasteiger partial charge in [-0.1, -0.05) is 44.2 Å². The first-order valence-corrected chi connectivity index (χ1v) is 10.4. The summed E-state index contributed by atoms with van der Waals surface area (Å²) in [7, 11) is 0. The Morgan fingerprint density at radius 2 is 1.52 bits per heavy atom. The summed E-state index contributed by atoms with van der Waals surface area (Å²) in [5.41, 5.74) is 2.26. The minimum absolute atomic E-state index is 0.0912. The summed E-state index contributed by atoms with van der Waals surface area (Å²) in [4.78, 5) is 31.5. The maximum absolute atomic E-state index is 13.1. The van der Waals surface area contributed by atoms with Gasteiger partial charge in [-0.05, 0) is 49.8 Å². The number of likely N-dealkylation sites (N-methyl/N-ethyl adjacent to an activating group) is 1. The van der Waals surface area contributed by atoms with Gasteiger partial charge in [0.25, 0.3) is 0 Å². The zero-order valence-corrected chi connectivity index (χ0v) is 18.0. The summed E-state index contributed by atoms with van der Waals surface area (Å²) < 4.78 is 1.49. The molecule has 2 unspecified atom stereocenters. The van der Waals surface area contributed by atoms with Gasteiger partial charge < -0.3 is 10.6 Å². The molecule has 162 valence electrons. The Morgan fingerprint density at radius 1 is 0.935 bits per heavy atom. The van der Waals surface area contributed by atoms with Crippen molar-refractivity contribution in [2.75, 3.05) is 23.7 Å². The van der Waals surface area contributed by atoms with Crippen molar-refractivity contribution in [1.82, 2.24) is 19.7 Å². The Hall–Kier alpha value is -3.52. The van der Waals surface area contributed by atoms with Crippen LogP contribution >= 0.6 is 0 Å². The van der Waals surface area contributed by atoms with Crippen molar-refractivity contribution in [1.29, 1.82) is 0 Å². The van der Waals surface area contributed by atoms with Crippen molar-refractivity contribution in [2.45, 2.75) is 32.9 Å². The van der Waals surface area contributed by atoms with E-state index in [4.69, 9.17) is 0 Å². The highest BCUT2D eigenvalue weighted by Crippen LogP contribution is 2.23. The van der Waals surface area contributed by atoms with E-state index in [2.05, 4.69) is 25.6 Å². The minimum Gasteiger partial charge on any atom is -0.324 e. The van der Waals surface area contributed by atoms with Crippen LogP contribution in [0, 0.1) is 0 Å². The summed E-state index contributed by atoms with van der Waals surface area (Å²) in [6.45, 7) is 7.36. The Kier molecular flexibility index (Phi) is 7.50. The van der Waals surface area contributed by atoms with E-state index >= 15 is 0 Å². The number of nitrogens with one attached hydrogen (secondary N) is 2. The second kappa shape index (κ2) is 10.5. The molecule has 0 aliphatic rings. The van der Waals surface area contributed by atoms with E-state index in [1.807, 2.05) is 44.2 Å². The number of anilines is 2. The Morgan fingerprint density at radius 3 is 2.03 bits per heavy atom. The molecule has 31 heavy (non-hydrogen) atoms. The van der Waals surface area contributed by atoms with Gasteiger partial charge in [0.15, 0.2) is 0 Å². The van der Waals surface area contributed by atoms with Gasteiger partial charge in [-0.15, -0.1) is 0 Å². The predicted octanol–water partition coefficient (Wildman–Crippen LogP) is 3.50. The summed E-state index contributed by atoms with van der Waals surface area (Å²) in [6, 6.07) is 16.0. The molecule has 8 heteroatoms. The molecular weight excluding hydrogens is 392 g/mol. The lowest BCUT2D eigenvalue weighted by atomic mass is 10.0. The zero-order chi connectivity index (χ0) is 22.2. The van der Waals surface area contributed by atoms with Crippen molar-refractivity contribution in [3.05, 3.63) is 72.8 Å². The smallest absolute Gasteiger partial charge is 0.249 e. The molecule has 0 saturated carbocycles.